The van der Waals surface area contributed by atoms with Crippen molar-refractivity contribution in [2.75, 3.05) is 13.2 Å². The lowest BCUT2D eigenvalue weighted by atomic mass is 10.0. The van der Waals surface area contributed by atoms with Gasteiger partial charge in [0, 0.05) is 26.0 Å². The molecule has 2 unspecified atom stereocenters. The molecule has 0 aromatic carbocycles. The van der Waals surface area contributed by atoms with E-state index in [0.29, 0.717) is 13.0 Å². The Morgan fingerprint density at radius 1 is 1.50 bits per heavy atom. The summed E-state index contributed by atoms with van der Waals surface area (Å²) < 4.78 is 5.45. The van der Waals surface area contributed by atoms with Crippen LogP contribution in [0.15, 0.2) is 0 Å². The number of nitrogens with one attached hydrogen (secondary N) is 1. The highest BCUT2D eigenvalue weighted by Gasteiger charge is 2.17. The minimum absolute atomic E-state index is 0.00524. The molecule has 0 spiro atoms. The van der Waals surface area contributed by atoms with Crippen molar-refractivity contribution >= 4 is 11.9 Å². The smallest absolute Gasteiger partial charge is 0.303 e. The molecule has 1 amide bonds. The summed E-state index contributed by atoms with van der Waals surface area (Å²) in [5.41, 5.74) is 0. The summed E-state index contributed by atoms with van der Waals surface area (Å²) in [5, 5.41) is 11.5. The lowest BCUT2D eigenvalue weighted by molar-refractivity contribution is -0.138. The number of carboxylic acids is 1. The number of carbonyl (C=O) groups excluding carboxylic acids is 1. The van der Waals surface area contributed by atoms with Crippen LogP contribution in [0.25, 0.3) is 0 Å². The van der Waals surface area contributed by atoms with Crippen LogP contribution in [-0.2, 0) is 14.3 Å². The summed E-state index contributed by atoms with van der Waals surface area (Å²) in [7, 11) is 0. The average molecular weight is 257 g/mol. The van der Waals surface area contributed by atoms with Gasteiger partial charge in [-0.15, -0.1) is 0 Å². The number of hydrogen-bond acceptors (Lipinski definition) is 3. The van der Waals surface area contributed by atoms with Gasteiger partial charge >= 0.3 is 5.97 Å². The summed E-state index contributed by atoms with van der Waals surface area (Å²) >= 11 is 0. The van der Waals surface area contributed by atoms with Crippen LogP contribution < -0.4 is 5.32 Å². The minimum atomic E-state index is -0.810. The molecule has 1 heterocycles. The van der Waals surface area contributed by atoms with Crippen molar-refractivity contribution in [1.82, 2.24) is 5.32 Å². The summed E-state index contributed by atoms with van der Waals surface area (Å²) in [4.78, 5) is 22.2. The van der Waals surface area contributed by atoms with Crippen molar-refractivity contribution < 1.29 is 19.4 Å². The third kappa shape index (κ3) is 6.00. The topological polar surface area (TPSA) is 75.6 Å². The third-order valence-corrected chi connectivity index (χ3v) is 3.35. The first-order chi connectivity index (χ1) is 8.61. The number of carboxylic acid groups (broad SMARTS) is 1. The molecule has 0 bridgehead atoms. The predicted molar refractivity (Wildman–Crippen MR) is 67.3 cm³/mol. The Labute approximate surface area is 108 Å². The van der Waals surface area contributed by atoms with Crippen molar-refractivity contribution in [3.05, 3.63) is 0 Å². The molecular weight excluding hydrogens is 234 g/mol. The Morgan fingerprint density at radius 3 is 2.83 bits per heavy atom. The van der Waals surface area contributed by atoms with E-state index in [9.17, 15) is 9.59 Å². The first-order valence-electron chi connectivity index (χ1n) is 6.72. The second-order valence-corrected chi connectivity index (χ2v) is 4.85. The number of amides is 1. The molecule has 0 aromatic rings. The van der Waals surface area contributed by atoms with Crippen molar-refractivity contribution in [3.63, 3.8) is 0 Å². The van der Waals surface area contributed by atoms with Gasteiger partial charge < -0.3 is 15.2 Å². The zero-order chi connectivity index (χ0) is 13.4. The maximum absolute atomic E-state index is 11.6. The number of carbonyl (C=O) groups is 2. The van der Waals surface area contributed by atoms with Gasteiger partial charge in [-0.2, -0.15) is 0 Å². The largest absolute Gasteiger partial charge is 0.481 e. The first kappa shape index (κ1) is 15.0. The van der Waals surface area contributed by atoms with E-state index in [1.165, 1.54) is 0 Å². The molecular formula is C13H23NO4. The molecule has 0 saturated carbocycles. The molecule has 5 heteroatoms. The predicted octanol–water partition coefficient (Wildman–Crippen LogP) is 1.56. The van der Waals surface area contributed by atoms with Crippen LogP contribution in [0.5, 0.6) is 0 Å². The summed E-state index contributed by atoms with van der Waals surface area (Å²) in [5.74, 6) is -0.793. The van der Waals surface area contributed by atoms with Crippen LogP contribution in [0.1, 0.15) is 45.4 Å². The summed E-state index contributed by atoms with van der Waals surface area (Å²) in [6, 6.07) is 0. The van der Waals surface area contributed by atoms with E-state index in [1.807, 2.05) is 6.92 Å². The molecule has 1 aliphatic rings. The Balaban J connectivity index is 2.12. The van der Waals surface area contributed by atoms with E-state index in [-0.39, 0.29) is 24.3 Å². The van der Waals surface area contributed by atoms with E-state index in [2.05, 4.69) is 5.32 Å². The van der Waals surface area contributed by atoms with E-state index in [0.717, 1.165) is 32.3 Å². The molecule has 1 aliphatic heterocycles. The molecule has 1 rings (SSSR count). The van der Waals surface area contributed by atoms with Gasteiger partial charge in [0.1, 0.15) is 0 Å². The molecule has 0 aromatic heterocycles. The van der Waals surface area contributed by atoms with Gasteiger partial charge in [0.05, 0.1) is 6.10 Å². The lowest BCUT2D eigenvalue weighted by Crippen LogP contribution is -2.30. The molecule has 2 N–H and O–H groups in total. The highest BCUT2D eigenvalue weighted by atomic mass is 16.5. The fraction of sp³-hybridized carbons (Fsp3) is 0.846. The van der Waals surface area contributed by atoms with E-state index in [4.69, 9.17) is 9.84 Å². The second-order valence-electron chi connectivity index (χ2n) is 4.85. The molecule has 0 aliphatic carbocycles. The molecule has 1 fully saturated rings. The van der Waals surface area contributed by atoms with Crippen LogP contribution in [-0.4, -0.2) is 36.2 Å². The van der Waals surface area contributed by atoms with E-state index in [1.54, 1.807) is 0 Å². The standard InChI is InChI=1S/C13H23NO4/c1-2-10(8-13(16)17)9-14-12(15)6-5-11-4-3-7-18-11/h10-11H,2-9H2,1H3,(H,14,15)(H,16,17). The number of aliphatic carboxylic acids is 1. The maximum Gasteiger partial charge on any atom is 0.303 e. The highest BCUT2D eigenvalue weighted by molar-refractivity contribution is 5.76. The van der Waals surface area contributed by atoms with Crippen molar-refractivity contribution in [2.45, 2.75) is 51.6 Å². The normalized spacial score (nSPS) is 20.6. The van der Waals surface area contributed by atoms with Crippen LogP contribution in [0.3, 0.4) is 0 Å². The summed E-state index contributed by atoms with van der Waals surface area (Å²) in [6.45, 7) is 3.20. The SMILES string of the molecule is CCC(CNC(=O)CCC1CCCO1)CC(=O)O. The Morgan fingerprint density at radius 2 is 2.28 bits per heavy atom. The molecule has 5 nitrogen and oxygen atoms in total. The van der Waals surface area contributed by atoms with Crippen molar-refractivity contribution in [3.8, 4) is 0 Å². The molecule has 0 radical (unpaired) electrons. The third-order valence-electron chi connectivity index (χ3n) is 3.35. The van der Waals surface area contributed by atoms with Crippen LogP contribution in [0, 0.1) is 5.92 Å². The monoisotopic (exact) mass is 257 g/mol. The molecule has 1 saturated heterocycles. The number of rotatable bonds is 8. The first-order valence-corrected chi connectivity index (χ1v) is 6.72. The van der Waals surface area contributed by atoms with Gasteiger partial charge in [-0.3, -0.25) is 9.59 Å². The summed E-state index contributed by atoms with van der Waals surface area (Å²) in [6.07, 6.45) is 4.47. The van der Waals surface area contributed by atoms with Crippen LogP contribution in [0.2, 0.25) is 0 Å². The Hall–Kier alpha value is -1.10. The number of hydrogen-bond donors (Lipinski definition) is 2. The molecule has 18 heavy (non-hydrogen) atoms. The second kappa shape index (κ2) is 8.08. The molecule has 2 atom stereocenters. The van der Waals surface area contributed by atoms with Gasteiger partial charge in [-0.05, 0) is 25.2 Å². The zero-order valence-corrected chi connectivity index (χ0v) is 11.0. The van der Waals surface area contributed by atoms with Crippen LogP contribution >= 0.6 is 0 Å². The maximum atomic E-state index is 11.6. The highest BCUT2D eigenvalue weighted by Crippen LogP contribution is 2.16. The average Bonchev–Trinajstić information content (AvgIpc) is 2.84. The van der Waals surface area contributed by atoms with E-state index >= 15 is 0 Å². The van der Waals surface area contributed by atoms with Gasteiger partial charge in [0.15, 0.2) is 0 Å². The minimum Gasteiger partial charge on any atom is -0.481 e. The van der Waals surface area contributed by atoms with Crippen molar-refractivity contribution in [2.24, 2.45) is 5.92 Å². The Kier molecular flexibility index (Phi) is 6.72. The quantitative estimate of drug-likeness (QED) is 0.692. The Bertz CT molecular complexity index is 274. The fourth-order valence-corrected chi connectivity index (χ4v) is 2.12. The lowest BCUT2D eigenvalue weighted by Gasteiger charge is -2.14. The van der Waals surface area contributed by atoms with Gasteiger partial charge in [0.2, 0.25) is 5.91 Å². The van der Waals surface area contributed by atoms with Crippen molar-refractivity contribution in [1.29, 1.82) is 0 Å². The van der Waals surface area contributed by atoms with Gasteiger partial charge in [-0.25, -0.2) is 0 Å². The fourth-order valence-electron chi connectivity index (χ4n) is 2.12. The zero-order valence-electron chi connectivity index (χ0n) is 11.0. The van der Waals surface area contributed by atoms with Crippen LogP contribution in [0.4, 0.5) is 0 Å². The van der Waals surface area contributed by atoms with E-state index < -0.39 is 5.97 Å². The number of ether oxygens (including phenoxy) is 1. The molecule has 104 valence electrons. The van der Waals surface area contributed by atoms with Gasteiger partial charge in [-0.1, -0.05) is 13.3 Å². The van der Waals surface area contributed by atoms with Gasteiger partial charge in [0.25, 0.3) is 0 Å².